The molecule has 6 nitrogen and oxygen atoms in total. The fourth-order valence-electron chi connectivity index (χ4n) is 2.46. The van der Waals surface area contributed by atoms with Crippen molar-refractivity contribution in [3.8, 4) is 0 Å². The van der Waals surface area contributed by atoms with E-state index in [9.17, 15) is 9.18 Å². The number of amides is 1. The molecular formula is C18H13FN4O2S2. The number of benzene rings is 2. The highest BCUT2D eigenvalue weighted by molar-refractivity contribution is 8.00. The van der Waals surface area contributed by atoms with Crippen LogP contribution in [0.25, 0.3) is 11.0 Å². The lowest BCUT2D eigenvalue weighted by Gasteiger charge is -2.00. The van der Waals surface area contributed by atoms with Crippen molar-refractivity contribution < 1.29 is 13.6 Å². The van der Waals surface area contributed by atoms with Crippen LogP contribution in [0, 0.1) is 5.82 Å². The number of aromatic nitrogens is 2. The van der Waals surface area contributed by atoms with E-state index in [-0.39, 0.29) is 17.3 Å². The normalized spacial score (nSPS) is 11.0. The van der Waals surface area contributed by atoms with Crippen LogP contribution in [0.2, 0.25) is 0 Å². The summed E-state index contributed by atoms with van der Waals surface area (Å²) in [5.74, 6) is -0.299. The Morgan fingerprint density at radius 3 is 2.78 bits per heavy atom. The fourth-order valence-corrected chi connectivity index (χ4v) is 4.19. The molecule has 2 aromatic carbocycles. The van der Waals surface area contributed by atoms with Gasteiger partial charge in [0.05, 0.1) is 5.69 Å². The molecular weight excluding hydrogens is 387 g/mol. The number of nitrogen functional groups attached to an aromatic ring is 1. The molecule has 136 valence electrons. The molecule has 0 aliphatic heterocycles. The Hall–Kier alpha value is -2.91. The molecule has 0 atom stereocenters. The molecule has 4 aromatic rings. The van der Waals surface area contributed by atoms with Gasteiger partial charge in [-0.05, 0) is 23.8 Å². The number of thioether (sulfide) groups is 1. The zero-order valence-electron chi connectivity index (χ0n) is 13.8. The van der Waals surface area contributed by atoms with Crippen LogP contribution in [-0.2, 0) is 5.75 Å². The zero-order chi connectivity index (χ0) is 18.8. The van der Waals surface area contributed by atoms with Gasteiger partial charge in [-0.1, -0.05) is 53.4 Å². The predicted molar refractivity (Wildman–Crippen MR) is 104 cm³/mol. The number of nitrogens with zero attached hydrogens (tertiary/aromatic N) is 2. The Kier molecular flexibility index (Phi) is 4.78. The summed E-state index contributed by atoms with van der Waals surface area (Å²) in [7, 11) is 0. The smallest absolute Gasteiger partial charge is 0.295 e. The van der Waals surface area contributed by atoms with E-state index in [1.54, 1.807) is 36.4 Å². The summed E-state index contributed by atoms with van der Waals surface area (Å²) in [4.78, 5) is 12.4. The number of halogens is 1. The van der Waals surface area contributed by atoms with Crippen LogP contribution in [0.3, 0.4) is 0 Å². The van der Waals surface area contributed by atoms with E-state index in [0.717, 1.165) is 0 Å². The van der Waals surface area contributed by atoms with Crippen LogP contribution in [-0.4, -0.2) is 16.1 Å². The summed E-state index contributed by atoms with van der Waals surface area (Å²) in [5, 5.41) is 11.6. The fraction of sp³-hybridized carbons (Fsp3) is 0.0556. The number of hydrogen-bond acceptors (Lipinski definition) is 7. The molecule has 0 unspecified atom stereocenters. The number of hydrogen-bond donors (Lipinski definition) is 2. The van der Waals surface area contributed by atoms with E-state index in [2.05, 4.69) is 15.5 Å². The highest BCUT2D eigenvalue weighted by Crippen LogP contribution is 2.31. The minimum absolute atomic E-state index is 0.0342. The summed E-state index contributed by atoms with van der Waals surface area (Å²) in [6.07, 6.45) is 0. The first-order chi connectivity index (χ1) is 13.1. The SMILES string of the molecule is Nc1c(C(=O)Nc2nnc(SCc3ccccc3F)s2)oc2ccccc12. The summed E-state index contributed by atoms with van der Waals surface area (Å²) in [5.41, 5.74) is 7.40. The largest absolute Gasteiger partial charge is 0.449 e. The lowest BCUT2D eigenvalue weighted by molar-refractivity contribution is 0.0999. The van der Waals surface area contributed by atoms with Crippen LogP contribution >= 0.6 is 23.1 Å². The van der Waals surface area contributed by atoms with Gasteiger partial charge in [-0.15, -0.1) is 10.2 Å². The first-order valence-corrected chi connectivity index (χ1v) is 9.70. The summed E-state index contributed by atoms with van der Waals surface area (Å²) in [6, 6.07) is 13.7. The van der Waals surface area contributed by atoms with E-state index < -0.39 is 5.91 Å². The third kappa shape index (κ3) is 3.64. The maximum Gasteiger partial charge on any atom is 0.295 e. The van der Waals surface area contributed by atoms with Gasteiger partial charge in [0.1, 0.15) is 11.4 Å². The minimum atomic E-state index is -0.495. The molecule has 4 rings (SSSR count). The summed E-state index contributed by atoms with van der Waals surface area (Å²) in [6.45, 7) is 0. The quantitative estimate of drug-likeness (QED) is 0.377. The molecule has 1 amide bonds. The molecule has 0 saturated heterocycles. The van der Waals surface area contributed by atoms with Crippen molar-refractivity contribution in [1.29, 1.82) is 0 Å². The number of para-hydroxylation sites is 1. The highest BCUT2D eigenvalue weighted by Gasteiger charge is 2.20. The molecule has 2 heterocycles. The topological polar surface area (TPSA) is 94.0 Å². The molecule has 0 aliphatic carbocycles. The number of anilines is 2. The average molecular weight is 400 g/mol. The van der Waals surface area contributed by atoms with Crippen molar-refractivity contribution in [2.45, 2.75) is 10.1 Å². The average Bonchev–Trinajstić information content (AvgIpc) is 3.26. The summed E-state index contributed by atoms with van der Waals surface area (Å²) >= 11 is 2.54. The van der Waals surface area contributed by atoms with E-state index in [4.69, 9.17) is 10.2 Å². The second-order valence-corrected chi connectivity index (χ2v) is 7.75. The van der Waals surface area contributed by atoms with Crippen molar-refractivity contribution in [2.24, 2.45) is 0 Å². The molecule has 9 heteroatoms. The summed E-state index contributed by atoms with van der Waals surface area (Å²) < 4.78 is 19.8. The first-order valence-electron chi connectivity index (χ1n) is 7.90. The molecule has 0 bridgehead atoms. The third-order valence-corrected chi connectivity index (χ3v) is 5.80. The van der Waals surface area contributed by atoms with Gasteiger partial charge >= 0.3 is 0 Å². The molecule has 27 heavy (non-hydrogen) atoms. The van der Waals surface area contributed by atoms with Crippen LogP contribution in [0.15, 0.2) is 57.3 Å². The molecule has 0 spiro atoms. The van der Waals surface area contributed by atoms with Crippen LogP contribution in [0.1, 0.15) is 16.1 Å². The van der Waals surface area contributed by atoms with Crippen LogP contribution < -0.4 is 11.1 Å². The standard InChI is InChI=1S/C18H13FN4O2S2/c19-12-7-3-1-5-10(12)9-26-18-23-22-17(27-18)21-16(24)15-14(20)11-6-2-4-8-13(11)25-15/h1-8H,9,20H2,(H,21,22,24). The molecule has 0 radical (unpaired) electrons. The minimum Gasteiger partial charge on any atom is -0.449 e. The van der Waals surface area contributed by atoms with Gasteiger partial charge in [-0.3, -0.25) is 10.1 Å². The number of rotatable bonds is 5. The van der Waals surface area contributed by atoms with Gasteiger partial charge in [0.15, 0.2) is 4.34 Å². The van der Waals surface area contributed by atoms with E-state index >= 15 is 0 Å². The maximum atomic E-state index is 13.7. The monoisotopic (exact) mass is 400 g/mol. The number of carbonyl (C=O) groups is 1. The number of carbonyl (C=O) groups excluding carboxylic acids is 1. The number of nitrogens with two attached hydrogens (primary N) is 1. The Bertz CT molecular complexity index is 1130. The van der Waals surface area contributed by atoms with Crippen molar-refractivity contribution in [2.75, 3.05) is 11.1 Å². The van der Waals surface area contributed by atoms with Gasteiger partial charge in [0.25, 0.3) is 5.91 Å². The van der Waals surface area contributed by atoms with Crippen molar-refractivity contribution >= 4 is 50.8 Å². The Morgan fingerprint density at radius 2 is 1.96 bits per heavy atom. The van der Waals surface area contributed by atoms with Gasteiger partial charge in [0.2, 0.25) is 10.9 Å². The Morgan fingerprint density at radius 1 is 1.19 bits per heavy atom. The highest BCUT2D eigenvalue weighted by atomic mass is 32.2. The van der Waals surface area contributed by atoms with Gasteiger partial charge < -0.3 is 10.2 Å². The van der Waals surface area contributed by atoms with E-state index in [0.29, 0.717) is 31.8 Å². The van der Waals surface area contributed by atoms with Crippen LogP contribution in [0.4, 0.5) is 15.2 Å². The van der Waals surface area contributed by atoms with Crippen molar-refractivity contribution in [1.82, 2.24) is 10.2 Å². The lowest BCUT2D eigenvalue weighted by atomic mass is 10.2. The molecule has 3 N–H and O–H groups in total. The van der Waals surface area contributed by atoms with Crippen molar-refractivity contribution in [3.05, 3.63) is 65.7 Å². The molecule has 0 aliphatic rings. The van der Waals surface area contributed by atoms with Crippen LogP contribution in [0.5, 0.6) is 0 Å². The van der Waals surface area contributed by atoms with Gasteiger partial charge in [-0.25, -0.2) is 4.39 Å². The van der Waals surface area contributed by atoms with E-state index in [1.165, 1.54) is 29.2 Å². The second-order valence-electron chi connectivity index (χ2n) is 5.55. The number of nitrogens with one attached hydrogen (secondary N) is 1. The number of fused-ring (bicyclic) bond motifs is 1. The molecule has 0 fully saturated rings. The lowest BCUT2D eigenvalue weighted by Crippen LogP contribution is -2.12. The number of furan rings is 1. The predicted octanol–water partition coefficient (Wildman–Crippen LogP) is 4.55. The van der Waals surface area contributed by atoms with Gasteiger partial charge in [-0.2, -0.15) is 0 Å². The first kappa shape index (κ1) is 17.5. The Balaban J connectivity index is 1.45. The molecule has 0 saturated carbocycles. The van der Waals surface area contributed by atoms with Gasteiger partial charge in [0, 0.05) is 11.1 Å². The zero-order valence-corrected chi connectivity index (χ0v) is 15.4. The van der Waals surface area contributed by atoms with E-state index in [1.807, 2.05) is 6.07 Å². The Labute approximate surface area is 161 Å². The molecule has 2 aromatic heterocycles. The second kappa shape index (κ2) is 7.37. The maximum absolute atomic E-state index is 13.7. The van der Waals surface area contributed by atoms with Crippen molar-refractivity contribution in [3.63, 3.8) is 0 Å². The third-order valence-electron chi connectivity index (χ3n) is 3.78.